The van der Waals surface area contributed by atoms with Crippen LogP contribution < -0.4 is 5.32 Å². The molecular weight excluding hydrogens is 408 g/mol. The van der Waals surface area contributed by atoms with E-state index in [1.165, 1.54) is 30.3 Å². The van der Waals surface area contributed by atoms with Crippen LogP contribution in [0.2, 0.25) is 5.02 Å². The van der Waals surface area contributed by atoms with Crippen LogP contribution in [-0.2, 0) is 12.4 Å². The van der Waals surface area contributed by atoms with E-state index in [9.17, 15) is 26.3 Å². The Labute approximate surface area is 160 Å². The van der Waals surface area contributed by atoms with Gasteiger partial charge in [0.2, 0.25) is 5.95 Å². The third-order valence-electron chi connectivity index (χ3n) is 3.60. The summed E-state index contributed by atoms with van der Waals surface area (Å²) in [6.07, 6.45) is -9.37. The number of benzene rings is 2. The summed E-state index contributed by atoms with van der Waals surface area (Å²) in [5, 5.41) is 2.79. The summed E-state index contributed by atoms with van der Waals surface area (Å²) in [4.78, 5) is 7.37. The highest BCUT2D eigenvalue weighted by Gasteiger charge is 2.34. The van der Waals surface area contributed by atoms with E-state index >= 15 is 0 Å². The minimum atomic E-state index is -4.77. The Morgan fingerprint density at radius 2 is 1.46 bits per heavy atom. The Kier molecular flexibility index (Phi) is 5.20. The van der Waals surface area contributed by atoms with Crippen molar-refractivity contribution >= 4 is 23.2 Å². The van der Waals surface area contributed by atoms with Crippen molar-refractivity contribution in [1.82, 2.24) is 9.97 Å². The Morgan fingerprint density at radius 3 is 2.07 bits per heavy atom. The molecule has 2 aromatic carbocycles. The summed E-state index contributed by atoms with van der Waals surface area (Å²) in [6.45, 7) is 0. The first-order valence-corrected chi connectivity index (χ1v) is 8.07. The number of aromatic nitrogens is 2. The van der Waals surface area contributed by atoms with E-state index in [0.717, 1.165) is 24.3 Å². The SMILES string of the molecule is FC(F)(F)c1cccc(Nc2nc(-c3ccc(Cl)cc3)cc(C(F)(F)F)n2)c1. The van der Waals surface area contributed by atoms with Crippen molar-refractivity contribution in [1.29, 1.82) is 0 Å². The van der Waals surface area contributed by atoms with Crippen LogP contribution in [0.5, 0.6) is 0 Å². The number of hydrogen-bond acceptors (Lipinski definition) is 3. The van der Waals surface area contributed by atoms with Gasteiger partial charge in [0, 0.05) is 16.3 Å². The van der Waals surface area contributed by atoms with Crippen LogP contribution >= 0.6 is 11.6 Å². The topological polar surface area (TPSA) is 37.8 Å². The van der Waals surface area contributed by atoms with Crippen molar-refractivity contribution in [3.8, 4) is 11.3 Å². The maximum atomic E-state index is 13.2. The fourth-order valence-corrected chi connectivity index (χ4v) is 2.45. The largest absolute Gasteiger partial charge is 0.433 e. The van der Waals surface area contributed by atoms with Crippen molar-refractivity contribution < 1.29 is 26.3 Å². The molecule has 1 N–H and O–H groups in total. The number of nitrogens with one attached hydrogen (secondary N) is 1. The van der Waals surface area contributed by atoms with Crippen LogP contribution in [0.15, 0.2) is 54.6 Å². The summed E-state index contributed by atoms with van der Waals surface area (Å²) >= 11 is 5.78. The summed E-state index contributed by atoms with van der Waals surface area (Å²) in [7, 11) is 0. The average molecular weight is 418 g/mol. The fourth-order valence-electron chi connectivity index (χ4n) is 2.32. The zero-order valence-corrected chi connectivity index (χ0v) is 14.5. The highest BCUT2D eigenvalue weighted by atomic mass is 35.5. The molecule has 146 valence electrons. The maximum absolute atomic E-state index is 13.2. The number of anilines is 2. The molecule has 0 radical (unpaired) electrons. The van der Waals surface area contributed by atoms with Gasteiger partial charge in [0.15, 0.2) is 5.69 Å². The molecule has 28 heavy (non-hydrogen) atoms. The van der Waals surface area contributed by atoms with Crippen molar-refractivity contribution in [2.75, 3.05) is 5.32 Å². The molecule has 10 heteroatoms. The third-order valence-corrected chi connectivity index (χ3v) is 3.85. The second-order valence-corrected chi connectivity index (χ2v) is 6.11. The molecule has 3 rings (SSSR count). The summed E-state index contributed by atoms with van der Waals surface area (Å²) < 4.78 is 78.1. The van der Waals surface area contributed by atoms with Crippen molar-refractivity contribution in [3.63, 3.8) is 0 Å². The minimum absolute atomic E-state index is 0.0616. The summed E-state index contributed by atoms with van der Waals surface area (Å²) in [5.74, 6) is -0.487. The molecule has 0 atom stereocenters. The molecule has 0 amide bonds. The molecule has 0 fully saturated rings. The molecule has 0 unspecified atom stereocenters. The third kappa shape index (κ3) is 4.72. The lowest BCUT2D eigenvalue weighted by Crippen LogP contribution is -2.11. The lowest BCUT2D eigenvalue weighted by atomic mass is 10.1. The number of rotatable bonds is 3. The predicted molar refractivity (Wildman–Crippen MR) is 92.2 cm³/mol. The van der Waals surface area contributed by atoms with Gasteiger partial charge in [-0.2, -0.15) is 26.3 Å². The number of hydrogen-bond donors (Lipinski definition) is 1. The van der Waals surface area contributed by atoms with Gasteiger partial charge in [-0.25, -0.2) is 9.97 Å². The molecule has 3 nitrogen and oxygen atoms in total. The van der Waals surface area contributed by atoms with Gasteiger partial charge >= 0.3 is 12.4 Å². The quantitative estimate of drug-likeness (QED) is 0.489. The first-order valence-electron chi connectivity index (χ1n) is 7.69. The highest BCUT2D eigenvalue weighted by Crippen LogP contribution is 2.33. The molecule has 1 heterocycles. The molecular formula is C18H10ClF6N3. The molecule has 3 aromatic rings. The minimum Gasteiger partial charge on any atom is -0.324 e. The predicted octanol–water partition coefficient (Wildman–Crippen LogP) is 6.58. The monoisotopic (exact) mass is 417 g/mol. The van der Waals surface area contributed by atoms with E-state index in [2.05, 4.69) is 15.3 Å². The van der Waals surface area contributed by atoms with E-state index < -0.39 is 29.6 Å². The van der Waals surface area contributed by atoms with E-state index in [-0.39, 0.29) is 11.4 Å². The summed E-state index contributed by atoms with van der Waals surface area (Å²) in [5.41, 5.74) is -2.02. The first-order chi connectivity index (χ1) is 13.0. The van der Waals surface area contributed by atoms with Gasteiger partial charge in [0.25, 0.3) is 0 Å². The van der Waals surface area contributed by atoms with Crippen molar-refractivity contribution in [3.05, 3.63) is 70.9 Å². The number of alkyl halides is 6. The lowest BCUT2D eigenvalue weighted by Gasteiger charge is -2.13. The molecule has 0 bridgehead atoms. The van der Waals surface area contributed by atoms with Crippen LogP contribution in [-0.4, -0.2) is 9.97 Å². The zero-order chi connectivity index (χ0) is 20.5. The van der Waals surface area contributed by atoms with Gasteiger partial charge in [-0.3, -0.25) is 0 Å². The van der Waals surface area contributed by atoms with Gasteiger partial charge in [-0.05, 0) is 36.4 Å². The molecule has 0 aliphatic heterocycles. The first kappa shape index (κ1) is 19.9. The standard InChI is InChI=1S/C18H10ClF6N3/c19-12-6-4-10(5-7-12)14-9-15(18(23,24)25)28-16(27-14)26-13-3-1-2-11(8-13)17(20,21)22/h1-9H,(H,26,27,28). The smallest absolute Gasteiger partial charge is 0.324 e. The van der Waals surface area contributed by atoms with Crippen molar-refractivity contribution in [2.24, 2.45) is 0 Å². The van der Waals surface area contributed by atoms with Crippen LogP contribution in [0.1, 0.15) is 11.3 Å². The average Bonchev–Trinajstić information content (AvgIpc) is 2.61. The molecule has 0 saturated carbocycles. The molecule has 1 aromatic heterocycles. The van der Waals surface area contributed by atoms with Gasteiger partial charge in [0.05, 0.1) is 11.3 Å². The van der Waals surface area contributed by atoms with Crippen LogP contribution in [0.4, 0.5) is 38.0 Å². The normalized spacial score (nSPS) is 12.1. The maximum Gasteiger partial charge on any atom is 0.433 e. The van der Waals surface area contributed by atoms with Crippen LogP contribution in [0, 0.1) is 0 Å². The van der Waals surface area contributed by atoms with E-state index in [4.69, 9.17) is 11.6 Å². The summed E-state index contributed by atoms with van der Waals surface area (Å²) in [6, 6.07) is 10.6. The van der Waals surface area contributed by atoms with E-state index in [1.807, 2.05) is 0 Å². The fraction of sp³-hybridized carbons (Fsp3) is 0.111. The Balaban J connectivity index is 2.03. The second kappa shape index (κ2) is 7.31. The molecule has 0 saturated heterocycles. The Hall–Kier alpha value is -2.81. The van der Waals surface area contributed by atoms with Gasteiger partial charge in [-0.1, -0.05) is 29.8 Å². The molecule has 0 spiro atoms. The van der Waals surface area contributed by atoms with Gasteiger partial charge < -0.3 is 5.32 Å². The van der Waals surface area contributed by atoms with Crippen molar-refractivity contribution in [2.45, 2.75) is 12.4 Å². The Morgan fingerprint density at radius 1 is 0.786 bits per heavy atom. The highest BCUT2D eigenvalue weighted by molar-refractivity contribution is 6.30. The zero-order valence-electron chi connectivity index (χ0n) is 13.7. The molecule has 0 aliphatic carbocycles. The number of nitrogens with zero attached hydrogens (tertiary/aromatic N) is 2. The molecule has 0 aliphatic rings. The Bertz CT molecular complexity index is 984. The van der Waals surface area contributed by atoms with Gasteiger partial charge in [0.1, 0.15) is 0 Å². The lowest BCUT2D eigenvalue weighted by molar-refractivity contribution is -0.141. The number of halogens is 7. The van der Waals surface area contributed by atoms with Crippen LogP contribution in [0.25, 0.3) is 11.3 Å². The van der Waals surface area contributed by atoms with E-state index in [0.29, 0.717) is 10.6 Å². The van der Waals surface area contributed by atoms with Crippen LogP contribution in [0.3, 0.4) is 0 Å². The second-order valence-electron chi connectivity index (χ2n) is 5.67. The van der Waals surface area contributed by atoms with E-state index in [1.54, 1.807) is 0 Å². The van der Waals surface area contributed by atoms with Gasteiger partial charge in [-0.15, -0.1) is 0 Å².